The van der Waals surface area contributed by atoms with Crippen LogP contribution in [0.1, 0.15) is 18.3 Å². The van der Waals surface area contributed by atoms with Gasteiger partial charge in [-0.25, -0.2) is 15.2 Å². The van der Waals surface area contributed by atoms with E-state index in [0.29, 0.717) is 36.1 Å². The van der Waals surface area contributed by atoms with Crippen LogP contribution in [0.5, 0.6) is 5.88 Å². The molecule has 2 saturated heterocycles. The van der Waals surface area contributed by atoms with Gasteiger partial charge >= 0.3 is 6.03 Å². The van der Waals surface area contributed by atoms with Crippen LogP contribution >= 0.6 is 11.6 Å². The molecule has 4 rings (SSSR count). The van der Waals surface area contributed by atoms with Crippen molar-refractivity contribution >= 4 is 34.3 Å². The minimum atomic E-state index is -0.470. The predicted octanol–water partition coefficient (Wildman–Crippen LogP) is 1.87. The zero-order valence-electron chi connectivity index (χ0n) is 14.4. The fourth-order valence-corrected chi connectivity index (χ4v) is 3.42. The van der Waals surface area contributed by atoms with Crippen LogP contribution in [-0.4, -0.2) is 41.0 Å². The summed E-state index contributed by atoms with van der Waals surface area (Å²) >= 11 is 6.15. The Kier molecular flexibility index (Phi) is 4.59. The molecule has 0 spiro atoms. The van der Waals surface area contributed by atoms with E-state index in [4.69, 9.17) is 16.3 Å². The highest BCUT2D eigenvalue weighted by Crippen LogP contribution is 2.31. The Morgan fingerprint density at radius 2 is 2.26 bits per heavy atom. The van der Waals surface area contributed by atoms with Crippen molar-refractivity contribution in [2.75, 3.05) is 13.1 Å². The molecule has 140 valence electrons. The van der Waals surface area contributed by atoms with E-state index in [9.17, 15) is 9.59 Å². The molecule has 2 aromatic rings. The molecule has 27 heavy (non-hydrogen) atoms. The molecule has 3 N–H and O–H groups in total. The number of hydrazine groups is 1. The first-order valence-electron chi connectivity index (χ1n) is 8.54. The number of benzene rings is 1. The van der Waals surface area contributed by atoms with Gasteiger partial charge in [0.2, 0.25) is 11.8 Å². The lowest BCUT2D eigenvalue weighted by atomic mass is 10.1. The maximum Gasteiger partial charge on any atom is 0.330 e. The minimum absolute atomic E-state index is 0.111. The summed E-state index contributed by atoms with van der Waals surface area (Å²) < 4.78 is 6.14. The number of likely N-dealkylation sites (tertiary alicyclic amines) is 1. The topological polar surface area (TPSA) is 95.6 Å². The lowest BCUT2D eigenvalue weighted by Gasteiger charge is -2.18. The number of fused-ring (bicyclic) bond motifs is 1. The summed E-state index contributed by atoms with van der Waals surface area (Å²) in [6.45, 7) is 4.60. The maximum atomic E-state index is 11.8. The molecule has 0 aliphatic carbocycles. The van der Waals surface area contributed by atoms with Crippen LogP contribution in [0.4, 0.5) is 4.79 Å². The van der Waals surface area contributed by atoms with E-state index >= 15 is 0 Å². The summed E-state index contributed by atoms with van der Waals surface area (Å²) in [7, 11) is 0. The third-order valence-electron chi connectivity index (χ3n) is 4.59. The van der Waals surface area contributed by atoms with E-state index in [2.05, 4.69) is 27.7 Å². The molecular weight excluding hydrogens is 370 g/mol. The van der Waals surface area contributed by atoms with E-state index in [1.54, 1.807) is 17.0 Å². The largest absolute Gasteiger partial charge is 0.472 e. The van der Waals surface area contributed by atoms with Gasteiger partial charge < -0.3 is 15.0 Å². The van der Waals surface area contributed by atoms with Gasteiger partial charge in [-0.3, -0.25) is 10.2 Å². The quantitative estimate of drug-likeness (QED) is 0.696. The van der Waals surface area contributed by atoms with Crippen LogP contribution < -0.4 is 20.9 Å². The van der Waals surface area contributed by atoms with Crippen molar-refractivity contribution < 1.29 is 14.3 Å². The Morgan fingerprint density at radius 3 is 3.00 bits per heavy atom. The second kappa shape index (κ2) is 7.05. The van der Waals surface area contributed by atoms with Gasteiger partial charge in [0.1, 0.15) is 12.3 Å². The highest BCUT2D eigenvalue weighted by Gasteiger charge is 2.28. The number of carbonyl (C=O) groups is 2. The third kappa shape index (κ3) is 3.54. The average Bonchev–Trinajstić information content (AvgIpc) is 3.30. The summed E-state index contributed by atoms with van der Waals surface area (Å²) in [4.78, 5) is 29.5. The number of nitrogens with zero attached hydrogens (tertiary/aromatic N) is 2. The Bertz CT molecular complexity index is 935. The normalized spacial score (nSPS) is 21.8. The van der Waals surface area contributed by atoms with Gasteiger partial charge in [0, 0.05) is 23.4 Å². The van der Waals surface area contributed by atoms with E-state index in [1.165, 1.54) is 6.08 Å². The van der Waals surface area contributed by atoms with Crippen LogP contribution in [0.15, 0.2) is 36.9 Å². The van der Waals surface area contributed by atoms with Crippen LogP contribution in [-0.2, 0) is 4.79 Å². The lowest BCUT2D eigenvalue weighted by Crippen LogP contribution is -2.29. The van der Waals surface area contributed by atoms with Crippen molar-refractivity contribution in [3.63, 3.8) is 0 Å². The second-order valence-electron chi connectivity index (χ2n) is 6.41. The molecule has 2 aliphatic rings. The zero-order valence-corrected chi connectivity index (χ0v) is 15.1. The van der Waals surface area contributed by atoms with Crippen molar-refractivity contribution in [2.45, 2.75) is 18.7 Å². The molecule has 2 aliphatic heterocycles. The number of rotatable bonds is 4. The molecule has 0 saturated carbocycles. The number of aromatic nitrogens is 1. The molecule has 9 heteroatoms. The fraction of sp³-hybridized carbons (Fsp3) is 0.278. The Hall–Kier alpha value is -2.84. The number of ether oxygens (including phenoxy) is 1. The van der Waals surface area contributed by atoms with Crippen molar-refractivity contribution in [2.24, 2.45) is 0 Å². The summed E-state index contributed by atoms with van der Waals surface area (Å²) in [5.74, 6) is 0.311. The van der Waals surface area contributed by atoms with Gasteiger partial charge in [-0.1, -0.05) is 24.2 Å². The van der Waals surface area contributed by atoms with E-state index in [-0.39, 0.29) is 18.0 Å². The second-order valence-corrected chi connectivity index (χ2v) is 6.85. The first kappa shape index (κ1) is 17.6. The SMILES string of the molecule is C=CC(=O)N1CC[C@H](Oc2nc(C3NNC(=O)N3)cc3ccc(Cl)cc23)C1. The number of amides is 3. The summed E-state index contributed by atoms with van der Waals surface area (Å²) in [5, 5.41) is 4.97. The third-order valence-corrected chi connectivity index (χ3v) is 4.83. The maximum absolute atomic E-state index is 11.8. The standard InChI is InChI=1S/C18H18ClN5O3/c1-2-15(25)24-6-5-12(9-24)27-17-13-8-11(19)4-3-10(13)7-14(20-17)16-21-18(26)23-22-16/h2-4,7-8,12,16,22H,1,5-6,9H2,(H2,21,23,26)/t12-,16?/m0/s1. The monoisotopic (exact) mass is 387 g/mol. The Morgan fingerprint density at radius 1 is 1.41 bits per heavy atom. The minimum Gasteiger partial charge on any atom is -0.472 e. The zero-order chi connectivity index (χ0) is 19.0. The van der Waals surface area contributed by atoms with Crippen LogP contribution in [0.25, 0.3) is 10.8 Å². The molecule has 1 unspecified atom stereocenters. The number of halogens is 1. The van der Waals surface area contributed by atoms with E-state index < -0.39 is 6.17 Å². The molecule has 8 nitrogen and oxygen atoms in total. The molecular formula is C18H18ClN5O3. The molecule has 2 atom stereocenters. The van der Waals surface area contributed by atoms with Crippen LogP contribution in [0.3, 0.4) is 0 Å². The van der Waals surface area contributed by atoms with E-state index in [1.807, 2.05) is 12.1 Å². The number of hydrogen-bond donors (Lipinski definition) is 3. The van der Waals surface area contributed by atoms with Gasteiger partial charge in [-0.15, -0.1) is 0 Å². The summed E-state index contributed by atoms with van der Waals surface area (Å²) in [6, 6.07) is 7.00. The number of urea groups is 1. The van der Waals surface area contributed by atoms with E-state index in [0.717, 1.165) is 10.8 Å². The van der Waals surface area contributed by atoms with Crippen LogP contribution in [0, 0.1) is 0 Å². The first-order chi connectivity index (χ1) is 13.0. The molecule has 1 aromatic heterocycles. The van der Waals surface area contributed by atoms with Crippen molar-refractivity contribution in [1.82, 2.24) is 26.1 Å². The molecule has 1 aromatic carbocycles. The van der Waals surface area contributed by atoms with Gasteiger partial charge in [0.05, 0.1) is 12.2 Å². The summed E-state index contributed by atoms with van der Waals surface area (Å²) in [6.07, 6.45) is 1.36. The van der Waals surface area contributed by atoms with Gasteiger partial charge in [-0.2, -0.15) is 0 Å². The molecule has 2 fully saturated rings. The van der Waals surface area contributed by atoms with Crippen molar-refractivity contribution in [3.05, 3.63) is 47.6 Å². The fourth-order valence-electron chi connectivity index (χ4n) is 3.25. The van der Waals surface area contributed by atoms with Gasteiger partial charge in [0.25, 0.3) is 0 Å². The highest BCUT2D eigenvalue weighted by molar-refractivity contribution is 6.31. The number of pyridine rings is 1. The van der Waals surface area contributed by atoms with Gasteiger partial charge in [0.15, 0.2) is 0 Å². The Labute approximate surface area is 160 Å². The summed E-state index contributed by atoms with van der Waals surface area (Å²) in [5.41, 5.74) is 5.92. The first-order valence-corrected chi connectivity index (χ1v) is 8.91. The Balaban J connectivity index is 1.65. The molecule has 3 heterocycles. The number of nitrogens with one attached hydrogen (secondary N) is 3. The number of carbonyl (C=O) groups excluding carboxylic acids is 2. The molecule has 0 radical (unpaired) electrons. The van der Waals surface area contributed by atoms with Crippen molar-refractivity contribution in [1.29, 1.82) is 0 Å². The smallest absolute Gasteiger partial charge is 0.330 e. The van der Waals surface area contributed by atoms with Gasteiger partial charge in [-0.05, 0) is 29.7 Å². The average molecular weight is 388 g/mol. The highest BCUT2D eigenvalue weighted by atomic mass is 35.5. The molecule has 3 amide bonds. The number of hydrogen-bond acceptors (Lipinski definition) is 5. The predicted molar refractivity (Wildman–Crippen MR) is 100 cm³/mol. The van der Waals surface area contributed by atoms with Crippen molar-refractivity contribution in [3.8, 4) is 5.88 Å². The van der Waals surface area contributed by atoms with Crippen LogP contribution in [0.2, 0.25) is 5.02 Å². The molecule has 0 bridgehead atoms. The lowest BCUT2D eigenvalue weighted by molar-refractivity contribution is -0.125.